The first kappa shape index (κ1) is 19.1. The fourth-order valence-corrected chi connectivity index (χ4v) is 3.24. The number of hydrogen-bond donors (Lipinski definition) is 1. The topological polar surface area (TPSA) is 68.3 Å². The highest BCUT2D eigenvalue weighted by molar-refractivity contribution is 7.13. The van der Waals surface area contributed by atoms with Gasteiger partial charge in [0.1, 0.15) is 5.01 Å². The van der Waals surface area contributed by atoms with E-state index in [0.29, 0.717) is 15.7 Å². The normalized spacial score (nSPS) is 10.4. The van der Waals surface area contributed by atoms with Crippen molar-refractivity contribution in [3.8, 4) is 10.6 Å². The Morgan fingerprint density at radius 3 is 2.48 bits per heavy atom. The van der Waals surface area contributed by atoms with Gasteiger partial charge in [0.15, 0.2) is 12.3 Å². The number of nitrogens with one attached hydrogen (secondary N) is 1. The molecule has 1 aromatic heterocycles. The van der Waals surface area contributed by atoms with Crippen LogP contribution >= 0.6 is 22.9 Å². The SMILES string of the molecule is CCc1ccc(NC(=O)COC(=O)c2csc(-c3ccc(Cl)cc3)n2)cc1. The molecule has 3 aromatic rings. The Morgan fingerprint density at radius 2 is 1.81 bits per heavy atom. The van der Waals surface area contributed by atoms with E-state index < -0.39 is 11.9 Å². The Bertz CT molecular complexity index is 937. The fourth-order valence-electron chi connectivity index (χ4n) is 2.32. The number of ether oxygens (including phenoxy) is 1. The molecule has 27 heavy (non-hydrogen) atoms. The number of amides is 1. The molecule has 0 aliphatic rings. The Balaban J connectivity index is 1.54. The molecular weight excluding hydrogens is 384 g/mol. The highest BCUT2D eigenvalue weighted by atomic mass is 35.5. The number of rotatable bonds is 6. The number of carbonyl (C=O) groups is 2. The van der Waals surface area contributed by atoms with Gasteiger partial charge in [-0.1, -0.05) is 42.8 Å². The average molecular weight is 401 g/mol. The van der Waals surface area contributed by atoms with E-state index >= 15 is 0 Å². The van der Waals surface area contributed by atoms with Gasteiger partial charge in [-0.2, -0.15) is 0 Å². The molecule has 2 aromatic carbocycles. The molecule has 0 atom stereocenters. The van der Waals surface area contributed by atoms with Crippen molar-refractivity contribution in [1.82, 2.24) is 4.98 Å². The molecule has 0 fully saturated rings. The van der Waals surface area contributed by atoms with Gasteiger partial charge in [-0.05, 0) is 36.2 Å². The zero-order chi connectivity index (χ0) is 19.2. The first-order valence-corrected chi connectivity index (χ1v) is 9.58. The summed E-state index contributed by atoms with van der Waals surface area (Å²) in [6.45, 7) is 1.69. The predicted octanol–water partition coefficient (Wildman–Crippen LogP) is 4.82. The monoisotopic (exact) mass is 400 g/mol. The van der Waals surface area contributed by atoms with Crippen LogP contribution in [0.1, 0.15) is 23.0 Å². The van der Waals surface area contributed by atoms with Crippen molar-refractivity contribution in [1.29, 1.82) is 0 Å². The number of nitrogens with zero attached hydrogens (tertiary/aromatic N) is 1. The van der Waals surface area contributed by atoms with Crippen molar-refractivity contribution in [3.05, 3.63) is 70.2 Å². The van der Waals surface area contributed by atoms with Gasteiger partial charge in [0.05, 0.1) is 0 Å². The second-order valence-corrected chi connectivity index (χ2v) is 7.01. The Hall–Kier alpha value is -2.70. The van der Waals surface area contributed by atoms with E-state index in [1.54, 1.807) is 17.5 Å². The van der Waals surface area contributed by atoms with Crippen LogP contribution in [0.15, 0.2) is 53.9 Å². The quantitative estimate of drug-likeness (QED) is 0.602. The van der Waals surface area contributed by atoms with E-state index in [4.69, 9.17) is 16.3 Å². The van der Waals surface area contributed by atoms with E-state index in [2.05, 4.69) is 17.2 Å². The molecule has 0 saturated carbocycles. The summed E-state index contributed by atoms with van der Waals surface area (Å²) in [6, 6.07) is 14.7. The number of thiazole rings is 1. The van der Waals surface area contributed by atoms with Gasteiger partial charge in [-0.25, -0.2) is 9.78 Å². The van der Waals surface area contributed by atoms with Crippen LogP contribution in [0.5, 0.6) is 0 Å². The summed E-state index contributed by atoms with van der Waals surface area (Å²) in [5.74, 6) is -1.04. The van der Waals surface area contributed by atoms with Crippen LogP contribution in [0.3, 0.4) is 0 Å². The number of esters is 1. The summed E-state index contributed by atoms with van der Waals surface area (Å²) in [7, 11) is 0. The molecule has 0 spiro atoms. The molecule has 1 heterocycles. The molecular formula is C20H17ClN2O3S. The number of benzene rings is 2. The molecule has 0 saturated heterocycles. The van der Waals surface area contributed by atoms with Crippen LogP contribution in [0.25, 0.3) is 10.6 Å². The van der Waals surface area contributed by atoms with E-state index in [0.717, 1.165) is 12.0 Å². The number of anilines is 1. The minimum Gasteiger partial charge on any atom is -0.451 e. The van der Waals surface area contributed by atoms with Gasteiger partial charge in [0.25, 0.3) is 5.91 Å². The van der Waals surface area contributed by atoms with Crippen LogP contribution in [0.4, 0.5) is 5.69 Å². The number of aryl methyl sites for hydroxylation is 1. The lowest BCUT2D eigenvalue weighted by Gasteiger charge is -2.06. The minimum absolute atomic E-state index is 0.171. The molecule has 0 aliphatic heterocycles. The van der Waals surface area contributed by atoms with Crippen LogP contribution in [0.2, 0.25) is 5.02 Å². The van der Waals surface area contributed by atoms with Crippen LogP contribution in [0, 0.1) is 0 Å². The number of carbonyl (C=O) groups excluding carboxylic acids is 2. The third kappa shape index (κ3) is 5.15. The maximum absolute atomic E-state index is 12.1. The Morgan fingerprint density at radius 1 is 1.11 bits per heavy atom. The van der Waals surface area contributed by atoms with E-state index in [-0.39, 0.29) is 12.3 Å². The first-order chi connectivity index (χ1) is 13.0. The summed E-state index contributed by atoms with van der Waals surface area (Å²) in [6.07, 6.45) is 0.928. The van der Waals surface area contributed by atoms with Gasteiger partial charge >= 0.3 is 5.97 Å². The summed E-state index contributed by atoms with van der Waals surface area (Å²) in [5, 5.41) is 5.60. The molecule has 0 bridgehead atoms. The zero-order valence-corrected chi connectivity index (χ0v) is 16.1. The lowest BCUT2D eigenvalue weighted by molar-refractivity contribution is -0.119. The third-order valence-corrected chi connectivity index (χ3v) is 4.93. The number of aromatic nitrogens is 1. The maximum Gasteiger partial charge on any atom is 0.358 e. The van der Waals surface area contributed by atoms with Crippen LogP contribution in [-0.4, -0.2) is 23.5 Å². The lowest BCUT2D eigenvalue weighted by Crippen LogP contribution is -2.21. The van der Waals surface area contributed by atoms with Crippen LogP contribution in [-0.2, 0) is 16.0 Å². The van der Waals surface area contributed by atoms with Gasteiger partial charge in [-0.15, -0.1) is 11.3 Å². The van der Waals surface area contributed by atoms with Crippen molar-refractivity contribution >= 4 is 40.5 Å². The van der Waals surface area contributed by atoms with Crippen molar-refractivity contribution in [3.63, 3.8) is 0 Å². The highest BCUT2D eigenvalue weighted by Crippen LogP contribution is 2.25. The summed E-state index contributed by atoms with van der Waals surface area (Å²) in [4.78, 5) is 28.3. The maximum atomic E-state index is 12.1. The van der Waals surface area contributed by atoms with Crippen molar-refractivity contribution in [2.24, 2.45) is 0 Å². The summed E-state index contributed by atoms with van der Waals surface area (Å²) in [5.41, 5.74) is 2.87. The van der Waals surface area contributed by atoms with Crippen molar-refractivity contribution in [2.75, 3.05) is 11.9 Å². The predicted molar refractivity (Wildman–Crippen MR) is 107 cm³/mol. The molecule has 7 heteroatoms. The standard InChI is InChI=1S/C20H17ClN2O3S/c1-2-13-3-9-16(10-4-13)22-18(24)11-26-20(25)17-12-27-19(23-17)14-5-7-15(21)8-6-14/h3-10,12H,2,11H2,1H3,(H,22,24). The average Bonchev–Trinajstić information content (AvgIpc) is 3.17. The molecule has 138 valence electrons. The van der Waals surface area contributed by atoms with Gasteiger partial charge < -0.3 is 10.1 Å². The molecule has 1 amide bonds. The largest absolute Gasteiger partial charge is 0.451 e. The number of halogens is 1. The summed E-state index contributed by atoms with van der Waals surface area (Å²) >= 11 is 7.19. The van der Waals surface area contributed by atoms with E-state index in [1.807, 2.05) is 36.4 Å². The lowest BCUT2D eigenvalue weighted by atomic mass is 10.1. The molecule has 0 aliphatic carbocycles. The van der Waals surface area contributed by atoms with Gasteiger partial charge in [-0.3, -0.25) is 4.79 Å². The van der Waals surface area contributed by atoms with Crippen molar-refractivity contribution in [2.45, 2.75) is 13.3 Å². The molecule has 5 nitrogen and oxygen atoms in total. The molecule has 1 N–H and O–H groups in total. The number of hydrogen-bond acceptors (Lipinski definition) is 5. The Kier molecular flexibility index (Phi) is 6.21. The highest BCUT2D eigenvalue weighted by Gasteiger charge is 2.15. The van der Waals surface area contributed by atoms with Gasteiger partial charge in [0, 0.05) is 21.7 Å². The Labute approximate surface area is 166 Å². The second kappa shape index (κ2) is 8.79. The van der Waals surface area contributed by atoms with Crippen molar-refractivity contribution < 1.29 is 14.3 Å². The van der Waals surface area contributed by atoms with E-state index in [1.165, 1.54) is 16.9 Å². The van der Waals surface area contributed by atoms with E-state index in [9.17, 15) is 9.59 Å². The molecule has 3 rings (SSSR count). The third-order valence-electron chi connectivity index (χ3n) is 3.78. The molecule has 0 radical (unpaired) electrons. The zero-order valence-electron chi connectivity index (χ0n) is 14.6. The second-order valence-electron chi connectivity index (χ2n) is 5.72. The van der Waals surface area contributed by atoms with Crippen LogP contribution < -0.4 is 5.32 Å². The molecule has 0 unspecified atom stereocenters. The summed E-state index contributed by atoms with van der Waals surface area (Å²) < 4.78 is 5.05. The minimum atomic E-state index is -0.636. The fraction of sp³-hybridized carbons (Fsp3) is 0.150. The smallest absolute Gasteiger partial charge is 0.358 e. The first-order valence-electron chi connectivity index (χ1n) is 8.32. The van der Waals surface area contributed by atoms with Gasteiger partial charge in [0.2, 0.25) is 0 Å².